The van der Waals surface area contributed by atoms with Crippen molar-refractivity contribution in [2.75, 3.05) is 24.4 Å². The Morgan fingerprint density at radius 3 is 2.28 bits per heavy atom. The minimum atomic E-state index is -0.909. The van der Waals surface area contributed by atoms with Crippen molar-refractivity contribution >= 4 is 35.3 Å². The Kier molecular flexibility index (Phi) is 8.77. The van der Waals surface area contributed by atoms with Crippen molar-refractivity contribution in [3.05, 3.63) is 82.9 Å². The van der Waals surface area contributed by atoms with Gasteiger partial charge in [0.1, 0.15) is 0 Å². The molecule has 0 saturated heterocycles. The molecular weight excluding hydrogens is 460 g/mol. The Labute approximate surface area is 209 Å². The smallest absolute Gasteiger partial charge is 0.329 e. The molecule has 0 radical (unpaired) electrons. The third kappa shape index (κ3) is 7.42. The number of benzene rings is 3. The molecule has 0 saturated carbocycles. The standard InChI is InChI=1S/C27H28N4O5/c1-17-6-10-21(11-7-17)29-26(33)27(34)31-28-15-20-9-12-23(24(14-20)35-4)36-16-25(32)30-22-13-18(2)5-8-19(22)3/h5-15H,16H2,1-4H3,(H,29,33)(H,30,32)(H,31,34)/b28-15-. The zero-order valence-corrected chi connectivity index (χ0v) is 20.5. The van der Waals surface area contributed by atoms with E-state index in [4.69, 9.17) is 9.47 Å². The van der Waals surface area contributed by atoms with E-state index in [0.29, 0.717) is 22.7 Å². The van der Waals surface area contributed by atoms with Gasteiger partial charge in [-0.05, 0) is 73.9 Å². The van der Waals surface area contributed by atoms with Crippen molar-refractivity contribution in [3.8, 4) is 11.5 Å². The van der Waals surface area contributed by atoms with Gasteiger partial charge in [-0.3, -0.25) is 14.4 Å². The van der Waals surface area contributed by atoms with Gasteiger partial charge < -0.3 is 20.1 Å². The Morgan fingerprint density at radius 2 is 1.56 bits per heavy atom. The molecule has 3 aromatic carbocycles. The van der Waals surface area contributed by atoms with E-state index in [2.05, 4.69) is 21.2 Å². The highest BCUT2D eigenvalue weighted by Gasteiger charge is 2.13. The first-order chi connectivity index (χ1) is 17.2. The molecule has 0 aromatic heterocycles. The van der Waals surface area contributed by atoms with E-state index in [1.54, 1.807) is 30.3 Å². The highest BCUT2D eigenvalue weighted by molar-refractivity contribution is 6.39. The second-order valence-corrected chi connectivity index (χ2v) is 8.08. The fraction of sp³-hybridized carbons (Fsp3) is 0.185. The average molecular weight is 489 g/mol. The molecule has 3 aromatic rings. The Morgan fingerprint density at radius 1 is 0.833 bits per heavy atom. The van der Waals surface area contributed by atoms with E-state index in [-0.39, 0.29) is 12.5 Å². The van der Waals surface area contributed by atoms with Gasteiger partial charge in [0.25, 0.3) is 5.91 Å². The van der Waals surface area contributed by atoms with Gasteiger partial charge in [-0.25, -0.2) is 5.43 Å². The van der Waals surface area contributed by atoms with Crippen molar-refractivity contribution in [1.29, 1.82) is 0 Å². The minimum absolute atomic E-state index is 0.205. The highest BCUT2D eigenvalue weighted by atomic mass is 16.5. The number of amides is 3. The summed E-state index contributed by atoms with van der Waals surface area (Å²) in [6.45, 7) is 5.58. The Bertz CT molecular complexity index is 1290. The molecule has 3 amide bonds. The summed E-state index contributed by atoms with van der Waals surface area (Å²) in [6.07, 6.45) is 1.36. The maximum atomic E-state index is 12.3. The normalized spacial score (nSPS) is 10.6. The fourth-order valence-corrected chi connectivity index (χ4v) is 3.12. The van der Waals surface area contributed by atoms with Gasteiger partial charge in [0.2, 0.25) is 0 Å². The van der Waals surface area contributed by atoms with Crippen LogP contribution in [0, 0.1) is 20.8 Å². The van der Waals surface area contributed by atoms with E-state index in [1.165, 1.54) is 13.3 Å². The number of carbonyl (C=O) groups is 3. The summed E-state index contributed by atoms with van der Waals surface area (Å²) in [6, 6.07) is 17.8. The first kappa shape index (κ1) is 26.0. The summed E-state index contributed by atoms with van der Waals surface area (Å²) >= 11 is 0. The quantitative estimate of drug-likeness (QED) is 0.254. The lowest BCUT2D eigenvalue weighted by Crippen LogP contribution is -2.32. The maximum absolute atomic E-state index is 12.3. The summed E-state index contributed by atoms with van der Waals surface area (Å²) < 4.78 is 11.0. The minimum Gasteiger partial charge on any atom is -0.493 e. The van der Waals surface area contributed by atoms with Crippen LogP contribution in [-0.2, 0) is 14.4 Å². The molecule has 0 aliphatic rings. The average Bonchev–Trinajstić information content (AvgIpc) is 2.86. The van der Waals surface area contributed by atoms with E-state index in [1.807, 2.05) is 51.1 Å². The van der Waals surface area contributed by atoms with Gasteiger partial charge in [-0.2, -0.15) is 5.10 Å². The van der Waals surface area contributed by atoms with Crippen LogP contribution in [0.5, 0.6) is 11.5 Å². The molecular formula is C27H28N4O5. The lowest BCUT2D eigenvalue weighted by atomic mass is 10.1. The molecule has 9 heteroatoms. The summed E-state index contributed by atoms with van der Waals surface area (Å²) in [4.78, 5) is 36.3. The largest absolute Gasteiger partial charge is 0.493 e. The summed E-state index contributed by atoms with van der Waals surface area (Å²) in [5.74, 6) is -1.30. The van der Waals surface area contributed by atoms with E-state index >= 15 is 0 Å². The van der Waals surface area contributed by atoms with Crippen molar-refractivity contribution < 1.29 is 23.9 Å². The number of rotatable bonds is 8. The number of nitrogens with zero attached hydrogens (tertiary/aromatic N) is 1. The molecule has 0 aliphatic carbocycles. The summed E-state index contributed by atoms with van der Waals surface area (Å²) in [5.41, 5.74) is 7.03. The van der Waals surface area contributed by atoms with Crippen LogP contribution in [0.15, 0.2) is 65.8 Å². The molecule has 36 heavy (non-hydrogen) atoms. The molecule has 3 rings (SSSR count). The first-order valence-corrected chi connectivity index (χ1v) is 11.1. The van der Waals surface area contributed by atoms with E-state index in [0.717, 1.165) is 22.4 Å². The van der Waals surface area contributed by atoms with Gasteiger partial charge >= 0.3 is 11.8 Å². The third-order valence-corrected chi connectivity index (χ3v) is 5.11. The number of aryl methyl sites for hydroxylation is 3. The molecule has 9 nitrogen and oxygen atoms in total. The topological polar surface area (TPSA) is 118 Å². The Balaban J connectivity index is 1.53. The molecule has 0 bridgehead atoms. The van der Waals surface area contributed by atoms with Crippen LogP contribution < -0.4 is 25.5 Å². The van der Waals surface area contributed by atoms with Crippen LogP contribution in [0.2, 0.25) is 0 Å². The maximum Gasteiger partial charge on any atom is 0.329 e. The van der Waals surface area contributed by atoms with Crippen molar-refractivity contribution in [1.82, 2.24) is 5.43 Å². The molecule has 0 atom stereocenters. The predicted molar refractivity (Wildman–Crippen MR) is 139 cm³/mol. The van der Waals surface area contributed by atoms with E-state index in [9.17, 15) is 14.4 Å². The van der Waals surface area contributed by atoms with Gasteiger partial charge in [-0.15, -0.1) is 0 Å². The monoisotopic (exact) mass is 488 g/mol. The molecule has 0 heterocycles. The van der Waals surface area contributed by atoms with Gasteiger partial charge in [-0.1, -0.05) is 29.8 Å². The van der Waals surface area contributed by atoms with Crippen LogP contribution in [-0.4, -0.2) is 37.7 Å². The Hall–Kier alpha value is -4.66. The second kappa shape index (κ2) is 12.2. The second-order valence-electron chi connectivity index (χ2n) is 8.08. The van der Waals surface area contributed by atoms with Gasteiger partial charge in [0, 0.05) is 11.4 Å². The number of nitrogens with one attached hydrogen (secondary N) is 3. The number of hydrazone groups is 1. The van der Waals surface area contributed by atoms with Gasteiger partial charge in [0.15, 0.2) is 18.1 Å². The van der Waals surface area contributed by atoms with Crippen LogP contribution in [0.25, 0.3) is 0 Å². The first-order valence-electron chi connectivity index (χ1n) is 11.1. The lowest BCUT2D eigenvalue weighted by molar-refractivity contribution is -0.136. The van der Waals surface area contributed by atoms with Crippen LogP contribution in [0.4, 0.5) is 11.4 Å². The number of ether oxygens (including phenoxy) is 2. The van der Waals surface area contributed by atoms with Crippen LogP contribution in [0.1, 0.15) is 22.3 Å². The number of hydrogen-bond acceptors (Lipinski definition) is 6. The van der Waals surface area contributed by atoms with Crippen LogP contribution in [0.3, 0.4) is 0 Å². The molecule has 3 N–H and O–H groups in total. The number of methoxy groups -OCH3 is 1. The summed E-state index contributed by atoms with van der Waals surface area (Å²) in [5, 5.41) is 9.14. The zero-order chi connectivity index (χ0) is 26.1. The molecule has 0 fully saturated rings. The third-order valence-electron chi connectivity index (χ3n) is 5.11. The SMILES string of the molecule is COc1cc(/C=N\NC(=O)C(=O)Nc2ccc(C)cc2)ccc1OCC(=O)Nc1cc(C)ccc1C. The molecule has 0 unspecified atom stereocenters. The molecule has 186 valence electrons. The number of hydrogen-bond donors (Lipinski definition) is 3. The van der Waals surface area contributed by atoms with E-state index < -0.39 is 11.8 Å². The van der Waals surface area contributed by atoms with Gasteiger partial charge in [0.05, 0.1) is 13.3 Å². The summed E-state index contributed by atoms with van der Waals surface area (Å²) in [7, 11) is 1.47. The highest BCUT2D eigenvalue weighted by Crippen LogP contribution is 2.27. The molecule has 0 aliphatic heterocycles. The van der Waals surface area contributed by atoms with Crippen molar-refractivity contribution in [2.24, 2.45) is 5.10 Å². The number of anilines is 2. The number of carbonyl (C=O) groups excluding carboxylic acids is 3. The van der Waals surface area contributed by atoms with Crippen molar-refractivity contribution in [2.45, 2.75) is 20.8 Å². The zero-order valence-electron chi connectivity index (χ0n) is 20.5. The van der Waals surface area contributed by atoms with Crippen molar-refractivity contribution in [3.63, 3.8) is 0 Å². The fourth-order valence-electron chi connectivity index (χ4n) is 3.12. The predicted octanol–water partition coefficient (Wildman–Crippen LogP) is 3.73. The molecule has 0 spiro atoms. The van der Waals surface area contributed by atoms with Crippen LogP contribution >= 0.6 is 0 Å². The lowest BCUT2D eigenvalue weighted by Gasteiger charge is -2.12.